The van der Waals surface area contributed by atoms with E-state index in [1.807, 2.05) is 42.6 Å². The van der Waals surface area contributed by atoms with E-state index in [1.54, 1.807) is 4.57 Å². The van der Waals surface area contributed by atoms with Crippen LogP contribution in [0.3, 0.4) is 0 Å². The van der Waals surface area contributed by atoms with Crippen LogP contribution in [0.4, 0.5) is 0 Å². The van der Waals surface area contributed by atoms with Gasteiger partial charge in [-0.3, -0.25) is 14.2 Å². The summed E-state index contributed by atoms with van der Waals surface area (Å²) in [6.45, 7) is 3.28. The minimum absolute atomic E-state index is 0.0871. The molecule has 1 saturated heterocycles. The number of rotatable bonds is 6. The monoisotopic (exact) mass is 415 g/mol. The van der Waals surface area contributed by atoms with Crippen molar-refractivity contribution in [2.75, 3.05) is 18.9 Å². The van der Waals surface area contributed by atoms with Crippen LogP contribution in [0.25, 0.3) is 15.9 Å². The van der Waals surface area contributed by atoms with Crippen molar-refractivity contribution in [3.8, 4) is 5.69 Å². The molecule has 6 nitrogen and oxygen atoms in total. The molecule has 1 fully saturated rings. The van der Waals surface area contributed by atoms with E-state index in [9.17, 15) is 9.59 Å². The minimum atomic E-state index is -0.104. The number of thioether (sulfide) groups is 1. The molecule has 0 aliphatic carbocycles. The van der Waals surface area contributed by atoms with Crippen LogP contribution >= 0.6 is 23.1 Å². The van der Waals surface area contributed by atoms with Crippen molar-refractivity contribution in [3.05, 3.63) is 51.6 Å². The van der Waals surface area contributed by atoms with E-state index in [2.05, 4.69) is 10.3 Å². The zero-order valence-electron chi connectivity index (χ0n) is 15.5. The topological polar surface area (TPSA) is 73.2 Å². The number of fused-ring (bicyclic) bond motifs is 1. The first-order valence-electron chi connectivity index (χ1n) is 9.20. The largest absolute Gasteiger partial charge is 0.376 e. The standard InChI is InChI=1S/C20H21N3O3S2/c1-13-4-2-5-14(10-13)23-19(25)18-16(7-9-27-18)22-20(23)28-12-17(24)21-11-15-6-3-8-26-15/h2,4-5,7,9-10,15H,3,6,8,11-12H2,1H3,(H,21,24)/t15-/m1/s1. The Balaban J connectivity index is 1.57. The number of aryl methyl sites for hydroxylation is 1. The third kappa shape index (κ3) is 4.14. The van der Waals surface area contributed by atoms with Crippen LogP contribution in [0.2, 0.25) is 0 Å². The van der Waals surface area contributed by atoms with Gasteiger partial charge in [0.1, 0.15) is 4.70 Å². The van der Waals surface area contributed by atoms with Crippen molar-refractivity contribution in [1.29, 1.82) is 0 Å². The van der Waals surface area contributed by atoms with Gasteiger partial charge in [0, 0.05) is 13.2 Å². The maximum absolute atomic E-state index is 13.1. The first kappa shape index (κ1) is 19.2. The lowest BCUT2D eigenvalue weighted by Gasteiger charge is -2.13. The molecule has 4 rings (SSSR count). The molecule has 8 heteroatoms. The molecular weight excluding hydrogens is 394 g/mol. The lowest BCUT2D eigenvalue weighted by atomic mass is 10.2. The summed E-state index contributed by atoms with van der Waals surface area (Å²) in [5.41, 5.74) is 2.38. The lowest BCUT2D eigenvalue weighted by Crippen LogP contribution is -2.33. The Morgan fingerprint density at radius 2 is 2.32 bits per heavy atom. The number of benzene rings is 1. The van der Waals surface area contributed by atoms with Gasteiger partial charge in [-0.15, -0.1) is 11.3 Å². The van der Waals surface area contributed by atoms with Crippen molar-refractivity contribution >= 4 is 39.2 Å². The molecule has 0 unspecified atom stereocenters. The summed E-state index contributed by atoms with van der Waals surface area (Å²) < 4.78 is 7.75. The summed E-state index contributed by atoms with van der Waals surface area (Å²) in [5, 5.41) is 5.30. The number of amides is 1. The molecule has 2 aromatic heterocycles. The van der Waals surface area contributed by atoms with Gasteiger partial charge in [0.25, 0.3) is 5.56 Å². The Labute approximate surface area is 170 Å². The SMILES string of the molecule is Cc1cccc(-n2c(SCC(=O)NC[C@H]3CCCO3)nc3ccsc3c2=O)c1. The van der Waals surface area contributed by atoms with Crippen molar-refractivity contribution in [2.24, 2.45) is 0 Å². The summed E-state index contributed by atoms with van der Waals surface area (Å²) in [4.78, 5) is 30.0. The lowest BCUT2D eigenvalue weighted by molar-refractivity contribution is -0.119. The van der Waals surface area contributed by atoms with Crippen molar-refractivity contribution < 1.29 is 9.53 Å². The van der Waals surface area contributed by atoms with E-state index in [4.69, 9.17) is 4.74 Å². The van der Waals surface area contributed by atoms with Gasteiger partial charge in [-0.1, -0.05) is 23.9 Å². The first-order valence-corrected chi connectivity index (χ1v) is 11.1. The van der Waals surface area contributed by atoms with E-state index in [1.165, 1.54) is 23.1 Å². The zero-order valence-corrected chi connectivity index (χ0v) is 17.1. The Hall–Kier alpha value is -2.16. The molecule has 3 aromatic rings. The fourth-order valence-corrected chi connectivity index (χ4v) is 4.80. The van der Waals surface area contributed by atoms with Crippen LogP contribution in [-0.4, -0.2) is 40.5 Å². The van der Waals surface area contributed by atoms with Crippen molar-refractivity contribution in [1.82, 2.24) is 14.9 Å². The average Bonchev–Trinajstić information content (AvgIpc) is 3.36. The second-order valence-electron chi connectivity index (χ2n) is 6.74. The number of hydrogen-bond donors (Lipinski definition) is 1. The van der Waals surface area contributed by atoms with E-state index >= 15 is 0 Å². The molecular formula is C20H21N3O3S2. The molecule has 0 bridgehead atoms. The van der Waals surface area contributed by atoms with Gasteiger partial charge >= 0.3 is 0 Å². The molecule has 0 spiro atoms. The van der Waals surface area contributed by atoms with Crippen LogP contribution in [0.1, 0.15) is 18.4 Å². The predicted molar refractivity (Wildman–Crippen MR) is 113 cm³/mol. The number of carbonyl (C=O) groups excluding carboxylic acids is 1. The van der Waals surface area contributed by atoms with Crippen molar-refractivity contribution in [2.45, 2.75) is 31.0 Å². The van der Waals surface area contributed by atoms with E-state index < -0.39 is 0 Å². The molecule has 0 saturated carbocycles. The number of hydrogen-bond acceptors (Lipinski definition) is 6. The second kappa shape index (κ2) is 8.46. The maximum Gasteiger partial charge on any atom is 0.276 e. The highest BCUT2D eigenvalue weighted by atomic mass is 32.2. The Morgan fingerprint density at radius 1 is 1.43 bits per heavy atom. The third-order valence-corrected chi connectivity index (χ3v) is 6.42. The smallest absolute Gasteiger partial charge is 0.276 e. The number of ether oxygens (including phenoxy) is 1. The summed E-state index contributed by atoms with van der Waals surface area (Å²) in [7, 11) is 0. The Morgan fingerprint density at radius 3 is 3.11 bits per heavy atom. The van der Waals surface area contributed by atoms with Gasteiger partial charge < -0.3 is 10.1 Å². The summed E-state index contributed by atoms with van der Waals surface area (Å²) in [6.07, 6.45) is 2.14. The van der Waals surface area contributed by atoms with Crippen LogP contribution in [0, 0.1) is 6.92 Å². The molecule has 146 valence electrons. The molecule has 1 aromatic carbocycles. The van der Waals surface area contributed by atoms with E-state index in [-0.39, 0.29) is 23.3 Å². The van der Waals surface area contributed by atoms with Gasteiger partial charge in [0.05, 0.1) is 23.1 Å². The van der Waals surface area contributed by atoms with Gasteiger partial charge in [-0.05, 0) is 48.9 Å². The van der Waals surface area contributed by atoms with E-state index in [0.29, 0.717) is 21.9 Å². The molecule has 1 atom stereocenters. The molecule has 1 amide bonds. The molecule has 0 radical (unpaired) electrons. The zero-order chi connectivity index (χ0) is 19.5. The van der Waals surface area contributed by atoms with Crippen LogP contribution in [0.5, 0.6) is 0 Å². The number of nitrogens with one attached hydrogen (secondary N) is 1. The summed E-state index contributed by atoms with van der Waals surface area (Å²) in [6, 6.07) is 9.57. The van der Waals surface area contributed by atoms with Crippen LogP contribution < -0.4 is 10.9 Å². The Bertz CT molecular complexity index is 1050. The average molecular weight is 416 g/mol. The maximum atomic E-state index is 13.1. The number of carbonyl (C=O) groups is 1. The van der Waals surface area contributed by atoms with Crippen LogP contribution in [0.15, 0.2) is 45.7 Å². The number of nitrogens with zero attached hydrogens (tertiary/aromatic N) is 2. The highest BCUT2D eigenvalue weighted by Crippen LogP contribution is 2.24. The van der Waals surface area contributed by atoms with Gasteiger partial charge in [-0.25, -0.2) is 4.98 Å². The number of aromatic nitrogens is 2. The quantitative estimate of drug-likeness (QED) is 0.495. The predicted octanol–water partition coefficient (Wildman–Crippen LogP) is 3.14. The first-order chi connectivity index (χ1) is 13.6. The second-order valence-corrected chi connectivity index (χ2v) is 8.60. The third-order valence-electron chi connectivity index (χ3n) is 4.59. The van der Waals surface area contributed by atoms with E-state index in [0.717, 1.165) is 30.7 Å². The molecule has 1 aliphatic heterocycles. The minimum Gasteiger partial charge on any atom is -0.376 e. The summed E-state index contributed by atoms with van der Waals surface area (Å²) in [5.74, 6) is 0.108. The summed E-state index contributed by atoms with van der Waals surface area (Å²) >= 11 is 2.66. The highest BCUT2D eigenvalue weighted by molar-refractivity contribution is 7.99. The van der Waals surface area contributed by atoms with Gasteiger partial charge in [0.2, 0.25) is 5.91 Å². The fourth-order valence-electron chi connectivity index (χ4n) is 3.20. The van der Waals surface area contributed by atoms with Gasteiger partial charge in [0.15, 0.2) is 5.16 Å². The molecule has 3 heterocycles. The molecule has 1 N–H and O–H groups in total. The van der Waals surface area contributed by atoms with Crippen molar-refractivity contribution in [3.63, 3.8) is 0 Å². The normalized spacial score (nSPS) is 16.5. The molecule has 28 heavy (non-hydrogen) atoms. The van der Waals surface area contributed by atoms with Crippen LogP contribution in [-0.2, 0) is 9.53 Å². The fraction of sp³-hybridized carbons (Fsp3) is 0.350. The van der Waals surface area contributed by atoms with Gasteiger partial charge in [-0.2, -0.15) is 0 Å². The number of thiophene rings is 1. The molecule has 1 aliphatic rings. The Kier molecular flexibility index (Phi) is 5.79. The highest BCUT2D eigenvalue weighted by Gasteiger charge is 2.18.